The average Bonchev–Trinajstić information content (AvgIpc) is 3.32. The summed E-state index contributed by atoms with van der Waals surface area (Å²) in [4.78, 5) is 15.3. The molecule has 0 radical (unpaired) electrons. The molecule has 4 rings (SSSR count). The van der Waals surface area contributed by atoms with E-state index in [-0.39, 0.29) is 29.8 Å². The zero-order valence-electron chi connectivity index (χ0n) is 17.7. The van der Waals surface area contributed by atoms with E-state index < -0.39 is 5.82 Å². The van der Waals surface area contributed by atoms with Crippen LogP contribution in [0.1, 0.15) is 18.4 Å². The minimum Gasteiger partial charge on any atom is -0.366 e. The summed E-state index contributed by atoms with van der Waals surface area (Å²) in [6.07, 6.45) is 4.31. The van der Waals surface area contributed by atoms with Crippen molar-refractivity contribution in [3.63, 3.8) is 0 Å². The number of guanidine groups is 1. The number of anilines is 2. The smallest absolute Gasteiger partial charge is 0.194 e. The van der Waals surface area contributed by atoms with Crippen molar-refractivity contribution >= 4 is 41.4 Å². The largest absolute Gasteiger partial charge is 0.366 e. The number of halogens is 3. The standard InChI is InChI=1S/C22H28F2N6.HI/c1-25-22(27-16-17-6-7-26-21(14-17)29-8-2-3-9-29)30-12-10-28(11-13-30)20-15-18(23)4-5-19(20)24;/h4-7,14-15H,2-3,8-13,16H2,1H3,(H,25,27);1H. The maximum absolute atomic E-state index is 14.1. The molecular formula is C22H29F2IN6. The molecule has 6 nitrogen and oxygen atoms in total. The minimum absolute atomic E-state index is 0. The van der Waals surface area contributed by atoms with Gasteiger partial charge < -0.3 is 20.0 Å². The molecule has 31 heavy (non-hydrogen) atoms. The van der Waals surface area contributed by atoms with Gasteiger partial charge in [-0.05, 0) is 42.7 Å². The van der Waals surface area contributed by atoms with Crippen molar-refractivity contribution in [2.75, 3.05) is 56.1 Å². The summed E-state index contributed by atoms with van der Waals surface area (Å²) in [5.74, 6) is 1.04. The number of hydrogen-bond donors (Lipinski definition) is 1. The van der Waals surface area contributed by atoms with Crippen molar-refractivity contribution < 1.29 is 8.78 Å². The first-order valence-electron chi connectivity index (χ1n) is 10.5. The zero-order chi connectivity index (χ0) is 20.9. The van der Waals surface area contributed by atoms with Crippen molar-refractivity contribution in [3.05, 3.63) is 53.7 Å². The summed E-state index contributed by atoms with van der Waals surface area (Å²) in [6.45, 7) is 5.39. The predicted molar refractivity (Wildman–Crippen MR) is 131 cm³/mol. The van der Waals surface area contributed by atoms with Crippen LogP contribution >= 0.6 is 24.0 Å². The van der Waals surface area contributed by atoms with E-state index in [4.69, 9.17) is 0 Å². The molecule has 2 aliphatic rings. The lowest BCUT2D eigenvalue weighted by molar-refractivity contribution is 0.370. The Balaban J connectivity index is 0.00000272. The minimum atomic E-state index is -0.419. The van der Waals surface area contributed by atoms with Gasteiger partial charge in [0.05, 0.1) is 5.69 Å². The summed E-state index contributed by atoms with van der Waals surface area (Å²) in [5, 5.41) is 3.43. The highest BCUT2D eigenvalue weighted by molar-refractivity contribution is 14.0. The van der Waals surface area contributed by atoms with Gasteiger partial charge in [0, 0.05) is 65.1 Å². The first-order valence-corrected chi connectivity index (χ1v) is 10.5. The maximum Gasteiger partial charge on any atom is 0.194 e. The van der Waals surface area contributed by atoms with Gasteiger partial charge in [0.2, 0.25) is 0 Å². The Bertz CT molecular complexity index is 895. The molecule has 2 aliphatic heterocycles. The van der Waals surface area contributed by atoms with Crippen molar-refractivity contribution in [2.45, 2.75) is 19.4 Å². The summed E-state index contributed by atoms with van der Waals surface area (Å²) in [6, 6.07) is 7.75. The highest BCUT2D eigenvalue weighted by atomic mass is 127. The first kappa shape index (κ1) is 23.5. The van der Waals surface area contributed by atoms with Crippen LogP contribution < -0.4 is 15.1 Å². The second-order valence-corrected chi connectivity index (χ2v) is 7.69. The van der Waals surface area contributed by atoms with Crippen LogP contribution in [0.3, 0.4) is 0 Å². The summed E-state index contributed by atoms with van der Waals surface area (Å²) in [5.41, 5.74) is 1.48. The van der Waals surface area contributed by atoms with E-state index >= 15 is 0 Å². The molecule has 0 atom stereocenters. The van der Waals surface area contributed by atoms with Crippen LogP contribution in [0.25, 0.3) is 0 Å². The lowest BCUT2D eigenvalue weighted by atomic mass is 10.2. The van der Waals surface area contributed by atoms with Crippen LogP contribution in [-0.4, -0.2) is 62.2 Å². The molecule has 3 heterocycles. The molecular weight excluding hydrogens is 513 g/mol. The SMILES string of the molecule is CN=C(NCc1ccnc(N2CCCC2)c1)N1CCN(c2cc(F)ccc2F)CC1.I. The van der Waals surface area contributed by atoms with Crippen molar-refractivity contribution in [3.8, 4) is 0 Å². The molecule has 0 saturated carbocycles. The van der Waals surface area contributed by atoms with Crippen LogP contribution in [0.5, 0.6) is 0 Å². The van der Waals surface area contributed by atoms with Gasteiger partial charge in [0.15, 0.2) is 5.96 Å². The lowest BCUT2D eigenvalue weighted by Crippen LogP contribution is -2.52. The molecule has 2 fully saturated rings. The fourth-order valence-corrected chi connectivity index (χ4v) is 4.09. The fourth-order valence-electron chi connectivity index (χ4n) is 4.09. The maximum atomic E-state index is 14.1. The average molecular weight is 542 g/mol. The van der Waals surface area contributed by atoms with E-state index in [1.165, 1.54) is 25.0 Å². The molecule has 0 aliphatic carbocycles. The van der Waals surface area contributed by atoms with Crippen LogP contribution in [0.2, 0.25) is 0 Å². The molecule has 0 spiro atoms. The summed E-state index contributed by atoms with van der Waals surface area (Å²) in [7, 11) is 1.77. The van der Waals surface area contributed by atoms with E-state index in [1.54, 1.807) is 7.05 Å². The van der Waals surface area contributed by atoms with Gasteiger partial charge in [0.1, 0.15) is 17.5 Å². The number of rotatable bonds is 4. The second-order valence-electron chi connectivity index (χ2n) is 7.69. The fraction of sp³-hybridized carbons (Fsp3) is 0.455. The molecule has 0 unspecified atom stereocenters. The summed E-state index contributed by atoms with van der Waals surface area (Å²) >= 11 is 0. The van der Waals surface area contributed by atoms with Gasteiger partial charge in [-0.1, -0.05) is 0 Å². The topological polar surface area (TPSA) is 47.0 Å². The number of aliphatic imine (C=N–C) groups is 1. The van der Waals surface area contributed by atoms with Gasteiger partial charge in [-0.25, -0.2) is 13.8 Å². The van der Waals surface area contributed by atoms with E-state index in [9.17, 15) is 8.78 Å². The number of pyridine rings is 1. The van der Waals surface area contributed by atoms with E-state index in [2.05, 4.69) is 31.2 Å². The Morgan fingerprint density at radius 1 is 1.00 bits per heavy atom. The van der Waals surface area contributed by atoms with Gasteiger partial charge in [-0.3, -0.25) is 4.99 Å². The van der Waals surface area contributed by atoms with E-state index in [0.717, 1.165) is 36.5 Å². The molecule has 2 aromatic rings. The van der Waals surface area contributed by atoms with Crippen molar-refractivity contribution in [1.82, 2.24) is 15.2 Å². The van der Waals surface area contributed by atoms with Gasteiger partial charge >= 0.3 is 0 Å². The zero-order valence-corrected chi connectivity index (χ0v) is 20.1. The number of benzene rings is 1. The third-order valence-electron chi connectivity index (χ3n) is 5.73. The van der Waals surface area contributed by atoms with Crippen molar-refractivity contribution in [1.29, 1.82) is 0 Å². The Morgan fingerprint density at radius 2 is 1.74 bits per heavy atom. The normalized spacial score (nSPS) is 17.0. The molecule has 1 aromatic heterocycles. The highest BCUT2D eigenvalue weighted by Crippen LogP contribution is 2.22. The number of piperazine rings is 1. The Morgan fingerprint density at radius 3 is 2.45 bits per heavy atom. The Labute approximate surface area is 199 Å². The molecule has 1 aromatic carbocycles. The third-order valence-corrected chi connectivity index (χ3v) is 5.73. The highest BCUT2D eigenvalue weighted by Gasteiger charge is 2.22. The summed E-state index contributed by atoms with van der Waals surface area (Å²) < 4.78 is 27.6. The van der Waals surface area contributed by atoms with E-state index in [1.807, 2.05) is 17.2 Å². The lowest BCUT2D eigenvalue weighted by Gasteiger charge is -2.37. The Kier molecular flexibility index (Phi) is 8.28. The number of nitrogens with one attached hydrogen (secondary N) is 1. The number of aromatic nitrogens is 1. The van der Waals surface area contributed by atoms with Crippen molar-refractivity contribution in [2.24, 2.45) is 4.99 Å². The number of hydrogen-bond acceptors (Lipinski definition) is 4. The quantitative estimate of drug-likeness (QED) is 0.365. The Hall–Kier alpha value is -2.17. The monoisotopic (exact) mass is 542 g/mol. The third kappa shape index (κ3) is 5.75. The molecule has 0 bridgehead atoms. The van der Waals surface area contributed by atoms with Crippen LogP contribution in [0, 0.1) is 11.6 Å². The van der Waals surface area contributed by atoms with Crippen LogP contribution in [-0.2, 0) is 6.54 Å². The second kappa shape index (κ2) is 10.9. The molecule has 9 heteroatoms. The van der Waals surface area contributed by atoms with Gasteiger partial charge in [-0.2, -0.15) is 0 Å². The van der Waals surface area contributed by atoms with E-state index in [0.29, 0.717) is 38.4 Å². The molecule has 168 valence electrons. The predicted octanol–water partition coefficient (Wildman–Crippen LogP) is 3.48. The van der Waals surface area contributed by atoms with Gasteiger partial charge in [0.25, 0.3) is 0 Å². The van der Waals surface area contributed by atoms with Gasteiger partial charge in [-0.15, -0.1) is 24.0 Å². The molecule has 0 amide bonds. The number of nitrogens with zero attached hydrogens (tertiary/aromatic N) is 5. The molecule has 2 saturated heterocycles. The van der Waals surface area contributed by atoms with Crippen LogP contribution in [0.4, 0.5) is 20.3 Å². The molecule has 1 N–H and O–H groups in total. The van der Waals surface area contributed by atoms with Crippen LogP contribution in [0.15, 0.2) is 41.5 Å². The first-order chi connectivity index (χ1) is 14.6.